The highest BCUT2D eigenvalue weighted by Gasteiger charge is 2.41. The van der Waals surface area contributed by atoms with Gasteiger partial charge in [0, 0.05) is 31.7 Å². The average Bonchev–Trinajstić information content (AvgIpc) is 3.88. The molecular weight excluding hydrogens is 1110 g/mol. The quantitative estimate of drug-likeness (QED) is 0.0129. The monoisotopic (exact) mass is 1180 g/mol. The highest BCUT2D eigenvalue weighted by Crippen LogP contribution is 2.21. The van der Waals surface area contributed by atoms with Crippen LogP contribution < -0.4 is 65.5 Å². The first-order chi connectivity index (χ1) is 38.4. The largest absolute Gasteiger partial charge is 0.508 e. The fourth-order valence-corrected chi connectivity index (χ4v) is 8.29. The summed E-state index contributed by atoms with van der Waals surface area (Å²) in [6.07, 6.45) is -4.68. The van der Waals surface area contributed by atoms with E-state index < -0.39 is 176 Å². The molecule has 21 N–H and O–H groups in total. The van der Waals surface area contributed by atoms with E-state index in [0.717, 1.165) is 4.90 Å². The van der Waals surface area contributed by atoms with Crippen molar-refractivity contribution >= 4 is 102 Å². The maximum Gasteiger partial charge on any atom is 0.326 e. The first-order valence-corrected chi connectivity index (χ1v) is 26.1. The first kappa shape index (κ1) is 69.3. The van der Waals surface area contributed by atoms with E-state index in [2.05, 4.69) is 49.5 Å². The minimum atomic E-state index is -1.96. The number of carbonyl (C=O) groups excluding carboxylic acids is 10. The number of nitrogens with two attached hydrogens (primary N) is 4. The molecule has 1 fully saturated rings. The van der Waals surface area contributed by atoms with Crippen LogP contribution in [0, 0.1) is 5.92 Å². The smallest absolute Gasteiger partial charge is 0.326 e. The van der Waals surface area contributed by atoms with E-state index in [-0.39, 0.29) is 75.0 Å². The van der Waals surface area contributed by atoms with E-state index >= 15 is 0 Å². The molecule has 82 heavy (non-hydrogen) atoms. The third kappa shape index (κ3) is 25.1. The Labute approximate surface area is 474 Å². The molecule has 1 aromatic rings. The Morgan fingerprint density at radius 2 is 1.18 bits per heavy atom. The molecule has 2 rings (SSSR count). The van der Waals surface area contributed by atoms with E-state index in [1.54, 1.807) is 0 Å². The van der Waals surface area contributed by atoms with Crippen LogP contribution in [0.5, 0.6) is 5.75 Å². The van der Waals surface area contributed by atoms with Gasteiger partial charge in [-0.15, -0.1) is 0 Å². The highest BCUT2D eigenvalue weighted by atomic mass is 32.1. The second-order valence-electron chi connectivity index (χ2n) is 19.3. The minimum Gasteiger partial charge on any atom is -0.508 e. The number of nitrogens with one attached hydrogen (secondary N) is 8. The Morgan fingerprint density at radius 1 is 0.646 bits per heavy atom. The summed E-state index contributed by atoms with van der Waals surface area (Å²) in [7, 11) is 0. The molecule has 1 aromatic carbocycles. The summed E-state index contributed by atoms with van der Waals surface area (Å²) in [4.78, 5) is 185. The lowest BCUT2D eigenvalue weighted by Crippen LogP contribution is -2.60. The van der Waals surface area contributed by atoms with Crippen LogP contribution in [0.4, 0.5) is 0 Å². The molecular formula is C48H72N14O19S. The molecule has 0 saturated carbocycles. The zero-order valence-electron chi connectivity index (χ0n) is 44.8. The standard InChI is InChI=1S/C48H72N14O19S/c1-22(2)15-25(49)39(72)61-32(21-82)44(77)56-26(5-3-13-53-48(51)52)41(74)58-28(16-23-7-9-24(63)10-8-23)42(75)59-30(19-38(70)71)46(79)62-14-4-6-33(62)45(78)57-27(11-12-36(66)67)40(73)54-20-35(65)55-29(18-37(68)69)43(76)60-31(47(80)81)17-34(50)64/h7-10,22,25-33,63,82H,3-6,11-21,49H2,1-2H3,(H2,50,64)(H,54,73)(H,55,65)(H,56,77)(H,57,78)(H,58,74)(H,59,75)(H,60,76)(H,61,72)(H,66,67)(H,68,69)(H,70,71)(H,80,81)(H4,51,52,53)/t25-,26-,27-,28-,29-,30-,31-,32-,33-/m0/s1. The van der Waals surface area contributed by atoms with Crippen molar-refractivity contribution in [3.63, 3.8) is 0 Å². The average molecular weight is 1180 g/mol. The number of thiol groups is 1. The van der Waals surface area contributed by atoms with Gasteiger partial charge in [-0.05, 0) is 62.1 Å². The number of phenols is 1. The van der Waals surface area contributed by atoms with Gasteiger partial charge in [-0.2, -0.15) is 12.6 Å². The number of nitrogens with zero attached hydrogens (tertiary/aromatic N) is 2. The number of aliphatic imine (C=N–C) groups is 1. The summed E-state index contributed by atoms with van der Waals surface area (Å²) < 4.78 is 0. The van der Waals surface area contributed by atoms with Crippen LogP contribution in [0.15, 0.2) is 29.3 Å². The zero-order valence-corrected chi connectivity index (χ0v) is 45.7. The van der Waals surface area contributed by atoms with E-state index in [1.807, 2.05) is 24.5 Å². The Balaban J connectivity index is 2.42. The number of guanidine groups is 1. The number of primary amides is 1. The number of carbonyl (C=O) groups is 14. The van der Waals surface area contributed by atoms with Gasteiger partial charge >= 0.3 is 23.9 Å². The SMILES string of the molecule is CC(C)C[C@H](N)C(=O)N[C@@H](CS)C(=O)N[C@@H](CCCN=C(N)N)C(=O)N[C@@H](Cc1ccc(O)cc1)C(=O)N[C@@H](CC(=O)O)C(=O)N1CCC[C@H]1C(=O)N[C@@H](CCC(=O)O)C(=O)NCC(=O)N[C@@H](CC(=O)O)C(=O)N[C@@H](CC(N)=O)C(=O)O. The number of hydrogen-bond donors (Lipinski definition) is 18. The molecule has 454 valence electrons. The summed E-state index contributed by atoms with van der Waals surface area (Å²) in [5.41, 5.74) is 22.2. The number of hydrogen-bond acceptors (Lipinski definition) is 18. The van der Waals surface area contributed by atoms with Crippen molar-refractivity contribution in [3.05, 3.63) is 29.8 Å². The van der Waals surface area contributed by atoms with Gasteiger partial charge in [-0.1, -0.05) is 26.0 Å². The lowest BCUT2D eigenvalue weighted by Gasteiger charge is -2.30. The topological polar surface area (TPSA) is 556 Å². The number of carboxylic acid groups (broad SMARTS) is 4. The number of amides is 10. The predicted molar refractivity (Wildman–Crippen MR) is 287 cm³/mol. The second kappa shape index (κ2) is 34.4. The van der Waals surface area contributed by atoms with Gasteiger partial charge < -0.3 is 95.9 Å². The van der Waals surface area contributed by atoms with Crippen LogP contribution in [0.25, 0.3) is 0 Å². The Morgan fingerprint density at radius 3 is 1.74 bits per heavy atom. The van der Waals surface area contributed by atoms with Crippen LogP contribution in [0.1, 0.15) is 83.6 Å². The Hall–Kier alpha value is -8.82. The molecule has 10 amide bonds. The van der Waals surface area contributed by atoms with Crippen molar-refractivity contribution in [2.45, 2.75) is 139 Å². The van der Waals surface area contributed by atoms with E-state index in [4.69, 9.17) is 22.9 Å². The van der Waals surface area contributed by atoms with Gasteiger partial charge in [0.1, 0.15) is 54.1 Å². The van der Waals surface area contributed by atoms with Crippen molar-refractivity contribution in [1.29, 1.82) is 0 Å². The van der Waals surface area contributed by atoms with Crippen LogP contribution in [0.2, 0.25) is 0 Å². The zero-order chi connectivity index (χ0) is 62.0. The summed E-state index contributed by atoms with van der Waals surface area (Å²) in [5.74, 6) is -17.9. The van der Waals surface area contributed by atoms with E-state index in [0.29, 0.717) is 5.56 Å². The van der Waals surface area contributed by atoms with E-state index in [1.165, 1.54) is 24.3 Å². The molecule has 9 atom stereocenters. The van der Waals surface area contributed by atoms with Crippen molar-refractivity contribution in [3.8, 4) is 5.75 Å². The summed E-state index contributed by atoms with van der Waals surface area (Å²) in [6.45, 7) is 2.39. The van der Waals surface area contributed by atoms with Gasteiger partial charge in [0.25, 0.3) is 0 Å². The van der Waals surface area contributed by atoms with Crippen molar-refractivity contribution in [1.82, 2.24) is 47.4 Å². The molecule has 0 bridgehead atoms. The van der Waals surface area contributed by atoms with Crippen molar-refractivity contribution in [2.24, 2.45) is 33.8 Å². The van der Waals surface area contributed by atoms with Crippen LogP contribution in [-0.2, 0) is 73.5 Å². The maximum absolute atomic E-state index is 14.3. The molecule has 1 aliphatic rings. The number of rotatable bonds is 36. The molecule has 0 spiro atoms. The molecule has 0 aromatic heterocycles. The molecule has 1 saturated heterocycles. The van der Waals surface area contributed by atoms with Crippen LogP contribution >= 0.6 is 12.6 Å². The molecule has 33 nitrogen and oxygen atoms in total. The number of phenolic OH excluding ortho intramolecular Hbond substituents is 1. The number of aromatic hydroxyl groups is 1. The maximum atomic E-state index is 14.3. The van der Waals surface area contributed by atoms with Gasteiger partial charge in [-0.3, -0.25) is 67.3 Å². The lowest BCUT2D eigenvalue weighted by molar-refractivity contribution is -0.146. The van der Waals surface area contributed by atoms with Gasteiger partial charge in [0.05, 0.1) is 31.8 Å². The second-order valence-corrected chi connectivity index (χ2v) is 19.6. The van der Waals surface area contributed by atoms with E-state index in [9.17, 15) is 92.7 Å². The number of likely N-dealkylation sites (tertiary alicyclic amines) is 1. The number of benzene rings is 1. The van der Waals surface area contributed by atoms with Crippen molar-refractivity contribution < 1.29 is 92.7 Å². The molecule has 34 heteroatoms. The third-order valence-corrected chi connectivity index (χ3v) is 12.4. The first-order valence-electron chi connectivity index (χ1n) is 25.5. The van der Waals surface area contributed by atoms with Gasteiger partial charge in [0.15, 0.2) is 5.96 Å². The van der Waals surface area contributed by atoms with Crippen molar-refractivity contribution in [2.75, 3.05) is 25.4 Å². The molecule has 0 unspecified atom stereocenters. The summed E-state index contributed by atoms with van der Waals surface area (Å²) in [6, 6.07) is -9.20. The number of aliphatic carboxylic acids is 4. The van der Waals surface area contributed by atoms with Crippen LogP contribution in [-0.4, -0.2) is 199 Å². The molecule has 0 radical (unpaired) electrons. The lowest BCUT2D eigenvalue weighted by atomic mass is 10.0. The van der Waals surface area contributed by atoms with Gasteiger partial charge in [0.2, 0.25) is 59.1 Å². The highest BCUT2D eigenvalue weighted by molar-refractivity contribution is 7.80. The normalized spacial score (nSPS) is 15.7. The summed E-state index contributed by atoms with van der Waals surface area (Å²) >= 11 is 4.19. The van der Waals surface area contributed by atoms with Crippen LogP contribution in [0.3, 0.4) is 0 Å². The molecule has 1 heterocycles. The number of carboxylic acids is 4. The Kier molecular flexibility index (Phi) is 29.0. The summed E-state index contributed by atoms with van der Waals surface area (Å²) in [5, 5.41) is 66.1. The van der Waals surface area contributed by atoms with Gasteiger partial charge in [-0.25, -0.2) is 4.79 Å². The Bertz CT molecular complexity index is 2530. The fourth-order valence-electron chi connectivity index (χ4n) is 8.03. The third-order valence-electron chi connectivity index (χ3n) is 12.1. The molecule has 1 aliphatic heterocycles. The molecule has 0 aliphatic carbocycles. The minimum absolute atomic E-state index is 0.0243. The fraction of sp³-hybridized carbons (Fsp3) is 0.562. The predicted octanol–water partition coefficient (Wildman–Crippen LogP) is -6.43.